The summed E-state index contributed by atoms with van der Waals surface area (Å²) in [6.07, 6.45) is 25.0. The van der Waals surface area contributed by atoms with Gasteiger partial charge in [-0.05, 0) is 31.1 Å². The van der Waals surface area contributed by atoms with Gasteiger partial charge in [0.1, 0.15) is 0 Å². The predicted octanol–water partition coefficient (Wildman–Crippen LogP) is 8.13. The molecule has 1 amide bonds. The van der Waals surface area contributed by atoms with Crippen molar-refractivity contribution in [3.8, 4) is 0 Å². The van der Waals surface area contributed by atoms with Crippen LogP contribution in [0.2, 0.25) is 0 Å². The van der Waals surface area contributed by atoms with E-state index >= 15 is 0 Å². The number of rotatable bonds is 29. The number of carbonyl (C=O) groups excluding carboxylic acids is 1. The molecule has 6 nitrogen and oxygen atoms in total. The standard InChI is InChI=1S/C34H67NO5S/c1-29(2)23-19-15-11-7-5-9-13-17-21-25-31(36)27-34(38)35-32(28-41(39)40)33(37)26-22-18-14-10-6-8-12-16-20-24-30(3)4/h22,26,29-33,36-37H,5-21,23-25,27-28H2,1-4H3,(H,35,38)(H,39,40)/p-1/b26-22+/t31-,32+,33-/m1/s1. The first-order chi connectivity index (χ1) is 19.6. The number of nitrogens with one attached hydrogen (secondary N) is 1. The molecule has 0 aromatic carbocycles. The Morgan fingerprint density at radius 2 is 1.12 bits per heavy atom. The molecule has 0 radical (unpaired) electrons. The smallest absolute Gasteiger partial charge is 0.222 e. The zero-order chi connectivity index (χ0) is 30.7. The molecule has 0 heterocycles. The molecule has 0 aromatic heterocycles. The fourth-order valence-corrected chi connectivity index (χ4v) is 5.77. The first-order valence-corrected chi connectivity index (χ1v) is 18.2. The molecule has 0 saturated carbocycles. The quantitative estimate of drug-likeness (QED) is 0.0456. The Labute approximate surface area is 256 Å². The number of aliphatic hydroxyl groups excluding tert-OH is 2. The SMILES string of the molecule is CC(C)CCCCCCCCC/C=C/[C@@H](O)[C@H](CS(=O)[O-])NC(=O)C[C@H](O)CCCCCCCCCCCC(C)C. The van der Waals surface area contributed by atoms with Gasteiger partial charge in [-0.2, -0.15) is 0 Å². The van der Waals surface area contributed by atoms with Gasteiger partial charge in [0.05, 0.1) is 24.7 Å². The molecule has 0 spiro atoms. The van der Waals surface area contributed by atoms with E-state index in [4.69, 9.17) is 0 Å². The van der Waals surface area contributed by atoms with Gasteiger partial charge in [-0.3, -0.25) is 9.00 Å². The molecule has 3 N–H and O–H groups in total. The first-order valence-electron chi connectivity index (χ1n) is 17.0. The van der Waals surface area contributed by atoms with Crippen molar-refractivity contribution in [3.63, 3.8) is 0 Å². The Kier molecular flexibility index (Phi) is 27.5. The monoisotopic (exact) mass is 600 g/mol. The minimum Gasteiger partial charge on any atom is -0.772 e. The highest BCUT2D eigenvalue weighted by molar-refractivity contribution is 7.79. The lowest BCUT2D eigenvalue weighted by atomic mass is 10.0. The number of unbranched alkanes of at least 4 members (excludes halogenated alkanes) is 15. The summed E-state index contributed by atoms with van der Waals surface area (Å²) < 4.78 is 22.6. The second-order valence-electron chi connectivity index (χ2n) is 13.0. The predicted molar refractivity (Wildman–Crippen MR) is 174 cm³/mol. The normalized spacial score (nSPS) is 15.0. The van der Waals surface area contributed by atoms with E-state index < -0.39 is 35.2 Å². The van der Waals surface area contributed by atoms with Crippen LogP contribution in [0.5, 0.6) is 0 Å². The van der Waals surface area contributed by atoms with E-state index in [9.17, 15) is 23.8 Å². The van der Waals surface area contributed by atoms with E-state index in [1.165, 1.54) is 83.5 Å². The fraction of sp³-hybridized carbons (Fsp3) is 0.912. The Balaban J connectivity index is 4.03. The van der Waals surface area contributed by atoms with Crippen molar-refractivity contribution in [2.75, 3.05) is 5.75 Å². The van der Waals surface area contributed by atoms with Gasteiger partial charge in [-0.1, -0.05) is 160 Å². The van der Waals surface area contributed by atoms with Gasteiger partial charge in [0.25, 0.3) is 0 Å². The first kappa shape index (κ1) is 40.2. The molecular formula is C34H66NO5S-. The van der Waals surface area contributed by atoms with Crippen LogP contribution < -0.4 is 5.32 Å². The minimum atomic E-state index is -2.40. The lowest BCUT2D eigenvalue weighted by Crippen LogP contribution is -2.46. The summed E-state index contributed by atoms with van der Waals surface area (Å²) in [5, 5.41) is 23.4. The average molecular weight is 601 g/mol. The third-order valence-corrected chi connectivity index (χ3v) is 8.43. The summed E-state index contributed by atoms with van der Waals surface area (Å²) in [6.45, 7) is 9.10. The van der Waals surface area contributed by atoms with Crippen molar-refractivity contribution in [2.24, 2.45) is 11.8 Å². The summed E-state index contributed by atoms with van der Waals surface area (Å²) in [7, 11) is 0. The fourth-order valence-electron chi connectivity index (χ4n) is 5.19. The van der Waals surface area contributed by atoms with Crippen LogP contribution in [0.15, 0.2) is 12.2 Å². The van der Waals surface area contributed by atoms with Crippen LogP contribution in [0.3, 0.4) is 0 Å². The molecule has 7 heteroatoms. The van der Waals surface area contributed by atoms with Crippen LogP contribution in [0.4, 0.5) is 0 Å². The van der Waals surface area contributed by atoms with Gasteiger partial charge < -0.3 is 20.1 Å². The number of hydrogen-bond acceptors (Lipinski definition) is 5. The molecule has 1 unspecified atom stereocenters. The highest BCUT2D eigenvalue weighted by Crippen LogP contribution is 2.15. The molecular weight excluding hydrogens is 534 g/mol. The highest BCUT2D eigenvalue weighted by Gasteiger charge is 2.21. The summed E-state index contributed by atoms with van der Waals surface area (Å²) in [5.41, 5.74) is 0. The number of aliphatic hydroxyl groups is 2. The topological polar surface area (TPSA) is 110 Å². The van der Waals surface area contributed by atoms with Gasteiger partial charge in [0, 0.05) is 5.75 Å². The van der Waals surface area contributed by atoms with Crippen molar-refractivity contribution >= 4 is 17.0 Å². The van der Waals surface area contributed by atoms with Crippen LogP contribution in [0.1, 0.15) is 163 Å². The van der Waals surface area contributed by atoms with Gasteiger partial charge in [-0.25, -0.2) is 0 Å². The number of carbonyl (C=O) groups is 1. The van der Waals surface area contributed by atoms with Crippen molar-refractivity contribution in [1.82, 2.24) is 5.32 Å². The molecule has 0 fully saturated rings. The third-order valence-electron chi connectivity index (χ3n) is 7.80. The molecule has 0 aromatic rings. The Hall–Kier alpha value is -0.760. The zero-order valence-electron chi connectivity index (χ0n) is 27.1. The molecule has 0 bridgehead atoms. The summed E-state index contributed by atoms with van der Waals surface area (Å²) in [6, 6.07) is -0.916. The molecule has 41 heavy (non-hydrogen) atoms. The second kappa shape index (κ2) is 28.0. The lowest BCUT2D eigenvalue weighted by Gasteiger charge is -2.24. The largest absolute Gasteiger partial charge is 0.772 e. The molecule has 0 aliphatic heterocycles. The van der Waals surface area contributed by atoms with Gasteiger partial charge in [-0.15, -0.1) is 0 Å². The maximum Gasteiger partial charge on any atom is 0.222 e. The summed E-state index contributed by atoms with van der Waals surface area (Å²) in [5.74, 6) is 0.811. The highest BCUT2D eigenvalue weighted by atomic mass is 32.2. The van der Waals surface area contributed by atoms with E-state index in [0.29, 0.717) is 6.42 Å². The Morgan fingerprint density at radius 1 is 0.707 bits per heavy atom. The number of amides is 1. The Bertz CT molecular complexity index is 655. The van der Waals surface area contributed by atoms with Crippen LogP contribution >= 0.6 is 0 Å². The maximum absolute atomic E-state index is 12.4. The van der Waals surface area contributed by atoms with Crippen molar-refractivity contribution < 1.29 is 23.8 Å². The summed E-state index contributed by atoms with van der Waals surface area (Å²) >= 11 is -2.40. The molecule has 0 aliphatic carbocycles. The molecule has 0 rings (SSSR count). The van der Waals surface area contributed by atoms with E-state index in [2.05, 4.69) is 33.0 Å². The van der Waals surface area contributed by atoms with Crippen LogP contribution in [-0.2, 0) is 15.9 Å². The van der Waals surface area contributed by atoms with Crippen LogP contribution in [0, 0.1) is 11.8 Å². The summed E-state index contributed by atoms with van der Waals surface area (Å²) in [4.78, 5) is 12.4. The second-order valence-corrected chi connectivity index (χ2v) is 14.0. The van der Waals surface area contributed by atoms with E-state index in [-0.39, 0.29) is 12.2 Å². The number of hydrogen-bond donors (Lipinski definition) is 3. The molecule has 0 aliphatic rings. The van der Waals surface area contributed by atoms with Crippen molar-refractivity contribution in [2.45, 2.75) is 181 Å². The van der Waals surface area contributed by atoms with Gasteiger partial charge in [0.2, 0.25) is 5.91 Å². The van der Waals surface area contributed by atoms with E-state index in [0.717, 1.165) is 50.4 Å². The van der Waals surface area contributed by atoms with Crippen molar-refractivity contribution in [1.29, 1.82) is 0 Å². The third kappa shape index (κ3) is 29.1. The Morgan fingerprint density at radius 3 is 1.56 bits per heavy atom. The zero-order valence-corrected chi connectivity index (χ0v) is 27.9. The van der Waals surface area contributed by atoms with Crippen LogP contribution in [0.25, 0.3) is 0 Å². The van der Waals surface area contributed by atoms with Gasteiger partial charge in [0.15, 0.2) is 0 Å². The number of allylic oxidation sites excluding steroid dienone is 1. The molecule has 244 valence electrons. The minimum absolute atomic E-state index is 0.0771. The maximum atomic E-state index is 12.4. The van der Waals surface area contributed by atoms with Crippen molar-refractivity contribution in [3.05, 3.63) is 12.2 Å². The molecule has 4 atom stereocenters. The van der Waals surface area contributed by atoms with E-state index in [1.54, 1.807) is 6.08 Å². The molecule has 0 saturated heterocycles. The lowest BCUT2D eigenvalue weighted by molar-refractivity contribution is -0.124. The van der Waals surface area contributed by atoms with Crippen LogP contribution in [-0.4, -0.2) is 48.9 Å². The average Bonchev–Trinajstić information content (AvgIpc) is 2.89. The van der Waals surface area contributed by atoms with E-state index in [1.807, 2.05) is 6.08 Å². The van der Waals surface area contributed by atoms with Gasteiger partial charge >= 0.3 is 0 Å².